The first-order valence-corrected chi connectivity index (χ1v) is 3.07. The number of hydrogen-bond acceptors (Lipinski definition) is 1. The van der Waals surface area contributed by atoms with E-state index in [0.29, 0.717) is 5.02 Å². The van der Waals surface area contributed by atoms with E-state index < -0.39 is 5.97 Å². The first-order valence-electron chi connectivity index (χ1n) is 2.69. The van der Waals surface area contributed by atoms with Gasteiger partial charge in [0.1, 0.15) is 0 Å². The molecule has 11 heavy (non-hydrogen) atoms. The summed E-state index contributed by atoms with van der Waals surface area (Å²) in [6.45, 7) is 0. The summed E-state index contributed by atoms with van der Waals surface area (Å²) in [5.74, 6) is -0.934. The van der Waals surface area contributed by atoms with E-state index in [1.165, 1.54) is 12.1 Å². The molecule has 1 rings (SSSR count). The lowest BCUT2D eigenvalue weighted by atomic mass is 10.2. The summed E-state index contributed by atoms with van der Waals surface area (Å²) in [7, 11) is 0. The number of hydrogen-bond donors (Lipinski definition) is 1. The van der Waals surface area contributed by atoms with Crippen molar-refractivity contribution in [3.63, 3.8) is 0 Å². The molecule has 0 atom stereocenters. The number of carboxylic acids is 1. The van der Waals surface area contributed by atoms with Crippen molar-refractivity contribution in [2.75, 3.05) is 0 Å². The Hall–Kier alpha value is -0.488. The van der Waals surface area contributed by atoms with Gasteiger partial charge in [0.25, 0.3) is 0 Å². The second-order valence-corrected chi connectivity index (χ2v) is 2.25. The normalized spacial score (nSPS) is 8.45. The molecule has 1 N–H and O–H groups in total. The molecule has 0 radical (unpaired) electrons. The Labute approximate surface area is 79.9 Å². The van der Waals surface area contributed by atoms with Gasteiger partial charge in [-0.3, -0.25) is 0 Å². The summed E-state index contributed by atoms with van der Waals surface area (Å²) >= 11 is 5.52. The molecular formula is C7H8AlClO2. The second-order valence-electron chi connectivity index (χ2n) is 1.81. The number of carboxylic acid groups (broad SMARTS) is 1. The largest absolute Gasteiger partial charge is 0.478 e. The third kappa shape index (κ3) is 2.94. The lowest BCUT2D eigenvalue weighted by molar-refractivity contribution is 0.0697. The molecule has 0 spiro atoms. The zero-order valence-electron chi connectivity index (χ0n) is 5.04. The van der Waals surface area contributed by atoms with Crippen molar-refractivity contribution in [3.05, 3.63) is 34.9 Å². The van der Waals surface area contributed by atoms with Crippen molar-refractivity contribution in [1.82, 2.24) is 0 Å². The van der Waals surface area contributed by atoms with E-state index in [9.17, 15) is 4.79 Å². The molecule has 1 aromatic rings. The third-order valence-corrected chi connectivity index (χ3v) is 1.34. The first-order chi connectivity index (χ1) is 4.70. The lowest BCUT2D eigenvalue weighted by Gasteiger charge is -1.91. The van der Waals surface area contributed by atoms with Crippen molar-refractivity contribution in [2.24, 2.45) is 0 Å². The third-order valence-electron chi connectivity index (χ3n) is 1.09. The maximum Gasteiger partial charge on any atom is 0.335 e. The van der Waals surface area contributed by atoms with Crippen molar-refractivity contribution < 1.29 is 9.90 Å². The van der Waals surface area contributed by atoms with E-state index in [4.69, 9.17) is 16.7 Å². The molecule has 0 fully saturated rings. The monoisotopic (exact) mass is 186 g/mol. The summed E-state index contributed by atoms with van der Waals surface area (Å²) in [5.41, 5.74) is 0.254. The fourth-order valence-corrected chi connectivity index (χ4v) is 0.718. The molecule has 4 heteroatoms. The molecule has 0 amide bonds. The highest BCUT2D eigenvalue weighted by Gasteiger charge is 1.99. The Kier molecular flexibility index (Phi) is 4.21. The molecule has 0 heterocycles. The van der Waals surface area contributed by atoms with Crippen LogP contribution in [0.2, 0.25) is 5.02 Å². The van der Waals surface area contributed by atoms with Crippen LogP contribution in [0.15, 0.2) is 24.3 Å². The van der Waals surface area contributed by atoms with Gasteiger partial charge in [-0.2, -0.15) is 0 Å². The van der Waals surface area contributed by atoms with Crippen LogP contribution in [-0.4, -0.2) is 28.4 Å². The van der Waals surface area contributed by atoms with E-state index in [1.807, 2.05) is 0 Å². The predicted molar refractivity (Wildman–Crippen MR) is 48.4 cm³/mol. The Balaban J connectivity index is 0.000001000. The van der Waals surface area contributed by atoms with Gasteiger partial charge in [0.2, 0.25) is 0 Å². The van der Waals surface area contributed by atoms with Crippen LogP contribution in [0.5, 0.6) is 0 Å². The van der Waals surface area contributed by atoms with Gasteiger partial charge in [0, 0.05) is 5.02 Å². The van der Waals surface area contributed by atoms with Crippen molar-refractivity contribution in [3.8, 4) is 0 Å². The Morgan fingerprint density at radius 3 is 2.09 bits per heavy atom. The molecule has 0 aliphatic rings. The zero-order chi connectivity index (χ0) is 7.56. The van der Waals surface area contributed by atoms with E-state index >= 15 is 0 Å². The van der Waals surface area contributed by atoms with Crippen LogP contribution in [-0.2, 0) is 0 Å². The van der Waals surface area contributed by atoms with Gasteiger partial charge in [-0.05, 0) is 24.3 Å². The van der Waals surface area contributed by atoms with Crippen LogP contribution >= 0.6 is 11.6 Å². The smallest absolute Gasteiger partial charge is 0.335 e. The minimum Gasteiger partial charge on any atom is -0.478 e. The highest BCUT2D eigenvalue weighted by molar-refractivity contribution is 6.30. The Morgan fingerprint density at radius 2 is 1.73 bits per heavy atom. The Bertz CT molecular complexity index is 245. The zero-order valence-corrected chi connectivity index (χ0v) is 5.80. The van der Waals surface area contributed by atoms with Crippen LogP contribution in [0.3, 0.4) is 0 Å². The molecule has 0 aliphatic carbocycles. The number of rotatable bonds is 1. The van der Waals surface area contributed by atoms with Gasteiger partial charge < -0.3 is 5.11 Å². The van der Waals surface area contributed by atoms with E-state index in [-0.39, 0.29) is 22.9 Å². The highest BCUT2D eigenvalue weighted by Crippen LogP contribution is 2.08. The van der Waals surface area contributed by atoms with Crippen LogP contribution < -0.4 is 0 Å². The fraction of sp³-hybridized carbons (Fsp3) is 0. The molecule has 0 aromatic heterocycles. The van der Waals surface area contributed by atoms with Crippen LogP contribution in [0.1, 0.15) is 10.4 Å². The van der Waals surface area contributed by atoms with Crippen LogP contribution in [0, 0.1) is 0 Å². The molecule has 0 aliphatic heterocycles. The Morgan fingerprint density at radius 1 is 1.27 bits per heavy atom. The molecule has 1 aromatic carbocycles. The van der Waals surface area contributed by atoms with Gasteiger partial charge in [0.05, 0.1) is 5.56 Å². The lowest BCUT2D eigenvalue weighted by Crippen LogP contribution is -1.94. The van der Waals surface area contributed by atoms with Gasteiger partial charge in [-0.15, -0.1) is 0 Å². The standard InChI is InChI=1S/C7H5ClO2.Al.3H/c8-6-3-1-5(2-4-6)7(9)10;;;;/h1-4H,(H,9,10);;;;. The fourth-order valence-electron chi connectivity index (χ4n) is 0.592. The molecule has 0 saturated heterocycles. The van der Waals surface area contributed by atoms with Crippen molar-refractivity contribution >= 4 is 34.9 Å². The quantitative estimate of drug-likeness (QED) is 0.661. The van der Waals surface area contributed by atoms with Crippen molar-refractivity contribution in [1.29, 1.82) is 0 Å². The van der Waals surface area contributed by atoms with Gasteiger partial charge in [-0.1, -0.05) is 11.6 Å². The predicted octanol–water partition coefficient (Wildman–Crippen LogP) is 0.854. The molecule has 2 nitrogen and oxygen atoms in total. The first kappa shape index (κ1) is 10.5. The molecular weight excluding hydrogens is 179 g/mol. The minimum absolute atomic E-state index is 0. The average molecular weight is 187 g/mol. The molecule has 0 bridgehead atoms. The van der Waals surface area contributed by atoms with E-state index in [0.717, 1.165) is 0 Å². The number of benzene rings is 1. The molecule has 0 unspecified atom stereocenters. The summed E-state index contributed by atoms with van der Waals surface area (Å²) in [5, 5.41) is 8.98. The summed E-state index contributed by atoms with van der Waals surface area (Å²) in [6.07, 6.45) is 0. The average Bonchev–Trinajstić information content (AvgIpc) is 1.88. The maximum absolute atomic E-state index is 10.3. The summed E-state index contributed by atoms with van der Waals surface area (Å²) in [6, 6.07) is 6.02. The molecule has 0 saturated carbocycles. The number of halogens is 1. The number of aromatic carboxylic acids is 1. The van der Waals surface area contributed by atoms with Gasteiger partial charge >= 0.3 is 5.97 Å². The van der Waals surface area contributed by atoms with Gasteiger partial charge in [0.15, 0.2) is 17.4 Å². The van der Waals surface area contributed by atoms with Crippen LogP contribution in [0.25, 0.3) is 0 Å². The van der Waals surface area contributed by atoms with Crippen LogP contribution in [0.4, 0.5) is 0 Å². The minimum atomic E-state index is -0.934. The number of carbonyl (C=O) groups is 1. The second kappa shape index (κ2) is 4.40. The summed E-state index contributed by atoms with van der Waals surface area (Å²) < 4.78 is 0. The molecule has 58 valence electrons. The highest BCUT2D eigenvalue weighted by atomic mass is 35.5. The maximum atomic E-state index is 10.3. The summed E-state index contributed by atoms with van der Waals surface area (Å²) in [4.78, 5) is 10.3. The SMILES string of the molecule is O=C(O)c1ccc(Cl)cc1.[AlH3]. The van der Waals surface area contributed by atoms with E-state index in [2.05, 4.69) is 0 Å². The van der Waals surface area contributed by atoms with E-state index in [1.54, 1.807) is 12.1 Å². The van der Waals surface area contributed by atoms with Crippen molar-refractivity contribution in [2.45, 2.75) is 0 Å². The topological polar surface area (TPSA) is 37.3 Å². The van der Waals surface area contributed by atoms with Gasteiger partial charge in [-0.25, -0.2) is 4.79 Å².